The quantitative estimate of drug-likeness (QED) is 0.750. The van der Waals surface area contributed by atoms with Crippen LogP contribution in [0.1, 0.15) is 23.3 Å². The molecule has 1 aliphatic heterocycles. The average molecular weight is 336 g/mol. The molecule has 128 valence electrons. The van der Waals surface area contributed by atoms with E-state index < -0.39 is 0 Å². The second-order valence-corrected chi connectivity index (χ2v) is 7.17. The predicted molar refractivity (Wildman–Crippen MR) is 94.5 cm³/mol. The topological polar surface area (TPSA) is 80.9 Å². The van der Waals surface area contributed by atoms with Crippen molar-refractivity contribution in [2.24, 2.45) is 5.41 Å². The molecule has 7 heteroatoms. The van der Waals surface area contributed by atoms with Crippen molar-refractivity contribution in [2.75, 3.05) is 31.1 Å². The molecule has 0 atom stereocenters. The van der Waals surface area contributed by atoms with Gasteiger partial charge < -0.3 is 19.8 Å². The van der Waals surface area contributed by atoms with Crippen LogP contribution < -0.4 is 4.90 Å². The normalized spacial score (nSPS) is 19.4. The highest BCUT2D eigenvalue weighted by Crippen LogP contribution is 2.48. The average Bonchev–Trinajstić information content (AvgIpc) is 3.03. The number of fused-ring (bicyclic) bond motifs is 1. The number of anilines is 1. The number of aromatic nitrogens is 4. The number of hydrogen-bond donors (Lipinski definition) is 2. The molecule has 1 saturated carbocycles. The molecule has 5 rings (SSSR count). The molecule has 7 nitrogen and oxygen atoms in total. The fourth-order valence-corrected chi connectivity index (χ4v) is 3.85. The monoisotopic (exact) mass is 336 g/mol. The van der Waals surface area contributed by atoms with Gasteiger partial charge in [0.1, 0.15) is 23.5 Å². The lowest BCUT2D eigenvalue weighted by molar-refractivity contribution is 0.0735. The highest BCUT2D eigenvalue weighted by Gasteiger charge is 2.48. The van der Waals surface area contributed by atoms with Crippen molar-refractivity contribution >= 4 is 22.8 Å². The summed E-state index contributed by atoms with van der Waals surface area (Å²) in [6, 6.07) is 5.74. The summed E-state index contributed by atoms with van der Waals surface area (Å²) in [6.45, 7) is 3.25. The molecular weight excluding hydrogens is 316 g/mol. The molecule has 0 aromatic carbocycles. The van der Waals surface area contributed by atoms with Crippen LogP contribution in [0.4, 0.5) is 5.82 Å². The second-order valence-electron chi connectivity index (χ2n) is 7.17. The maximum absolute atomic E-state index is 12.8. The fraction of sp³-hybridized carbons (Fsp3) is 0.389. The predicted octanol–water partition coefficient (Wildman–Crippen LogP) is 2.03. The van der Waals surface area contributed by atoms with Crippen molar-refractivity contribution in [1.82, 2.24) is 24.8 Å². The minimum atomic E-state index is 0.0904. The van der Waals surface area contributed by atoms with Crippen LogP contribution in [0.2, 0.25) is 0 Å². The zero-order chi connectivity index (χ0) is 16.9. The zero-order valence-electron chi connectivity index (χ0n) is 13.9. The van der Waals surface area contributed by atoms with Crippen LogP contribution in [0.3, 0.4) is 0 Å². The minimum absolute atomic E-state index is 0.0904. The number of H-pyrrole nitrogens is 2. The van der Waals surface area contributed by atoms with Crippen LogP contribution in [-0.4, -0.2) is 56.9 Å². The van der Waals surface area contributed by atoms with Gasteiger partial charge in [-0.05, 0) is 31.0 Å². The second kappa shape index (κ2) is 5.34. The van der Waals surface area contributed by atoms with Gasteiger partial charge in [0.2, 0.25) is 0 Å². The van der Waals surface area contributed by atoms with E-state index in [4.69, 9.17) is 0 Å². The molecule has 2 aliphatic rings. The maximum Gasteiger partial charge on any atom is 0.270 e. The van der Waals surface area contributed by atoms with Gasteiger partial charge in [0.15, 0.2) is 0 Å². The number of rotatable bonds is 2. The Morgan fingerprint density at radius 1 is 1.08 bits per heavy atom. The van der Waals surface area contributed by atoms with Crippen LogP contribution in [0.25, 0.3) is 11.0 Å². The van der Waals surface area contributed by atoms with E-state index >= 15 is 0 Å². The maximum atomic E-state index is 12.8. The first-order chi connectivity index (χ1) is 12.2. The zero-order valence-corrected chi connectivity index (χ0v) is 13.9. The van der Waals surface area contributed by atoms with Gasteiger partial charge in [-0.15, -0.1) is 0 Å². The van der Waals surface area contributed by atoms with Gasteiger partial charge in [-0.1, -0.05) is 0 Å². The van der Waals surface area contributed by atoms with Gasteiger partial charge in [0.25, 0.3) is 5.91 Å². The van der Waals surface area contributed by atoms with Crippen LogP contribution in [0.15, 0.2) is 36.9 Å². The molecule has 2 fully saturated rings. The third kappa shape index (κ3) is 2.47. The van der Waals surface area contributed by atoms with E-state index in [1.807, 2.05) is 29.3 Å². The molecule has 1 spiro atoms. The summed E-state index contributed by atoms with van der Waals surface area (Å²) < 4.78 is 0. The summed E-state index contributed by atoms with van der Waals surface area (Å²) in [5, 5.41) is 1.04. The number of hydrogen-bond acceptors (Lipinski definition) is 4. The molecule has 2 N–H and O–H groups in total. The molecular formula is C18H20N6O. The molecule has 0 bridgehead atoms. The number of carbonyl (C=O) groups excluding carboxylic acids is 1. The van der Waals surface area contributed by atoms with Gasteiger partial charge >= 0.3 is 0 Å². The molecule has 1 amide bonds. The Hall–Kier alpha value is -2.83. The third-order valence-electron chi connectivity index (χ3n) is 5.40. The van der Waals surface area contributed by atoms with Crippen LogP contribution >= 0.6 is 0 Å². The minimum Gasteiger partial charge on any atom is -0.357 e. The number of carbonyl (C=O) groups is 1. The number of aromatic amines is 2. The standard InChI is InChI=1S/C18H20N6O/c25-17(14-2-1-6-19-14)24-9-8-23(10-18(11-24)4-5-18)16-13-3-7-20-15(13)21-12-22-16/h1-3,6-7,12,19H,4-5,8-11H2,(H,20,21,22). The van der Waals surface area contributed by atoms with Gasteiger partial charge in [0.05, 0.1) is 5.39 Å². The fourth-order valence-electron chi connectivity index (χ4n) is 3.85. The molecule has 3 aromatic heterocycles. The number of nitrogens with zero attached hydrogens (tertiary/aromatic N) is 4. The molecule has 0 radical (unpaired) electrons. The Labute approximate surface area is 145 Å². The van der Waals surface area contributed by atoms with Gasteiger partial charge in [-0.3, -0.25) is 4.79 Å². The SMILES string of the molecule is O=C(c1ccc[nH]1)N1CCN(c2ncnc3[nH]ccc23)CC2(CC2)C1. The molecule has 3 aromatic rings. The Bertz CT molecular complexity index is 911. The van der Waals surface area contributed by atoms with E-state index in [0.29, 0.717) is 12.2 Å². The Morgan fingerprint density at radius 2 is 2.00 bits per heavy atom. The Kier molecular flexibility index (Phi) is 3.10. The lowest BCUT2D eigenvalue weighted by atomic mass is 10.1. The summed E-state index contributed by atoms with van der Waals surface area (Å²) in [7, 11) is 0. The highest BCUT2D eigenvalue weighted by molar-refractivity contribution is 5.92. The largest absolute Gasteiger partial charge is 0.357 e. The Balaban J connectivity index is 1.45. The van der Waals surface area contributed by atoms with Gasteiger partial charge in [-0.2, -0.15) is 0 Å². The molecule has 4 heterocycles. The van der Waals surface area contributed by atoms with Crippen molar-refractivity contribution in [2.45, 2.75) is 12.8 Å². The molecule has 25 heavy (non-hydrogen) atoms. The van der Waals surface area contributed by atoms with Gasteiger partial charge in [-0.25, -0.2) is 9.97 Å². The van der Waals surface area contributed by atoms with E-state index in [-0.39, 0.29) is 11.3 Å². The third-order valence-corrected chi connectivity index (χ3v) is 5.40. The first-order valence-electron chi connectivity index (χ1n) is 8.70. The van der Waals surface area contributed by atoms with Crippen molar-refractivity contribution in [3.05, 3.63) is 42.6 Å². The van der Waals surface area contributed by atoms with Crippen molar-refractivity contribution in [3.8, 4) is 0 Å². The molecule has 0 unspecified atom stereocenters. The summed E-state index contributed by atoms with van der Waals surface area (Å²) >= 11 is 0. The smallest absolute Gasteiger partial charge is 0.270 e. The Morgan fingerprint density at radius 3 is 2.80 bits per heavy atom. The van der Waals surface area contributed by atoms with Crippen LogP contribution in [-0.2, 0) is 0 Å². The van der Waals surface area contributed by atoms with E-state index in [0.717, 1.165) is 36.5 Å². The van der Waals surface area contributed by atoms with E-state index in [2.05, 4.69) is 24.8 Å². The molecule has 1 aliphatic carbocycles. The van der Waals surface area contributed by atoms with Crippen LogP contribution in [0, 0.1) is 5.41 Å². The van der Waals surface area contributed by atoms with Crippen LogP contribution in [0.5, 0.6) is 0 Å². The van der Waals surface area contributed by atoms with Crippen molar-refractivity contribution in [1.29, 1.82) is 0 Å². The first kappa shape index (κ1) is 14.5. The lowest BCUT2D eigenvalue weighted by Gasteiger charge is -2.25. The van der Waals surface area contributed by atoms with E-state index in [1.54, 1.807) is 12.5 Å². The summed E-state index contributed by atoms with van der Waals surface area (Å²) in [6.07, 6.45) is 7.64. The van der Waals surface area contributed by atoms with Gasteiger partial charge in [0, 0.05) is 44.0 Å². The summed E-state index contributed by atoms with van der Waals surface area (Å²) in [4.78, 5) is 32.1. The number of amides is 1. The first-order valence-corrected chi connectivity index (χ1v) is 8.70. The van der Waals surface area contributed by atoms with Crippen molar-refractivity contribution in [3.63, 3.8) is 0 Å². The van der Waals surface area contributed by atoms with E-state index in [9.17, 15) is 4.79 Å². The van der Waals surface area contributed by atoms with E-state index in [1.165, 1.54) is 12.8 Å². The lowest BCUT2D eigenvalue weighted by Crippen LogP contribution is -2.36. The summed E-state index contributed by atoms with van der Waals surface area (Å²) in [5.74, 6) is 1.05. The van der Waals surface area contributed by atoms with Crippen molar-refractivity contribution < 1.29 is 4.79 Å². The molecule has 1 saturated heterocycles. The number of nitrogens with one attached hydrogen (secondary N) is 2. The summed E-state index contributed by atoms with van der Waals surface area (Å²) in [5.41, 5.74) is 1.73. The highest BCUT2D eigenvalue weighted by atomic mass is 16.2.